The normalized spacial score (nSPS) is 12.9. The number of rotatable bonds is 3. The van der Waals surface area contributed by atoms with E-state index in [1.165, 1.54) is 11.3 Å². The molecule has 0 saturated heterocycles. The number of hydrogen-bond donors (Lipinski definition) is 2. The van der Waals surface area contributed by atoms with Gasteiger partial charge in [0, 0.05) is 16.3 Å². The van der Waals surface area contributed by atoms with E-state index in [-0.39, 0.29) is 11.8 Å². The molecule has 0 unspecified atom stereocenters. The molecule has 6 heteroatoms. The van der Waals surface area contributed by atoms with E-state index in [2.05, 4.69) is 10.6 Å². The van der Waals surface area contributed by atoms with E-state index < -0.39 is 0 Å². The van der Waals surface area contributed by atoms with Gasteiger partial charge in [0.25, 0.3) is 5.91 Å². The van der Waals surface area contributed by atoms with Crippen molar-refractivity contribution < 1.29 is 9.59 Å². The van der Waals surface area contributed by atoms with E-state index in [1.807, 2.05) is 29.8 Å². The third-order valence-electron chi connectivity index (χ3n) is 3.04. The van der Waals surface area contributed by atoms with Crippen molar-refractivity contribution in [3.8, 4) is 0 Å². The van der Waals surface area contributed by atoms with Crippen molar-refractivity contribution in [1.82, 2.24) is 0 Å². The Labute approximate surface area is 124 Å². The highest BCUT2D eigenvalue weighted by Gasteiger charge is 2.18. The zero-order valence-corrected chi connectivity index (χ0v) is 12.4. The molecule has 0 aliphatic carbocycles. The minimum absolute atomic E-state index is 0.00796. The molecule has 1 aliphatic rings. The molecule has 0 saturated carbocycles. The zero-order chi connectivity index (χ0) is 14.1. The Morgan fingerprint density at radius 2 is 2.25 bits per heavy atom. The Bertz CT molecular complexity index is 694. The maximum atomic E-state index is 12.2. The van der Waals surface area contributed by atoms with Gasteiger partial charge in [0.15, 0.2) is 0 Å². The molecule has 20 heavy (non-hydrogen) atoms. The number of hydrogen-bond acceptors (Lipinski definition) is 4. The summed E-state index contributed by atoms with van der Waals surface area (Å²) in [7, 11) is 0. The Kier molecular flexibility index (Phi) is 3.50. The van der Waals surface area contributed by atoms with Gasteiger partial charge in [-0.1, -0.05) is 0 Å². The van der Waals surface area contributed by atoms with E-state index in [0.29, 0.717) is 17.0 Å². The summed E-state index contributed by atoms with van der Waals surface area (Å²) in [6.07, 6.45) is 2.32. The van der Waals surface area contributed by atoms with Gasteiger partial charge in [-0.05, 0) is 41.5 Å². The number of benzene rings is 1. The maximum absolute atomic E-state index is 12.2. The third-order valence-corrected chi connectivity index (χ3v) is 4.87. The number of thioether (sulfide) groups is 1. The highest BCUT2D eigenvalue weighted by molar-refractivity contribution is 7.98. The van der Waals surface area contributed by atoms with E-state index in [9.17, 15) is 9.59 Å². The standard InChI is InChI=1S/C14H12N2O2S2/c1-19-11-4-5-20-13(11)14(18)15-9-2-3-10-8(6-9)7-12(17)16-10/h2-6H,7H2,1H3,(H,15,18)(H,16,17). The first kappa shape index (κ1) is 13.2. The lowest BCUT2D eigenvalue weighted by molar-refractivity contribution is -0.115. The Morgan fingerprint density at radius 3 is 3.05 bits per heavy atom. The molecule has 2 N–H and O–H groups in total. The first-order valence-corrected chi connectivity index (χ1v) is 8.13. The van der Waals surface area contributed by atoms with Crippen LogP contribution < -0.4 is 10.6 Å². The van der Waals surface area contributed by atoms with Crippen molar-refractivity contribution in [3.05, 3.63) is 40.1 Å². The SMILES string of the molecule is CSc1ccsc1C(=O)Nc1ccc2c(c1)CC(=O)N2. The molecular formula is C14H12N2O2S2. The summed E-state index contributed by atoms with van der Waals surface area (Å²) in [6.45, 7) is 0. The van der Waals surface area contributed by atoms with Crippen LogP contribution in [0.15, 0.2) is 34.5 Å². The number of nitrogens with one attached hydrogen (secondary N) is 2. The van der Waals surface area contributed by atoms with Crippen LogP contribution in [0.2, 0.25) is 0 Å². The topological polar surface area (TPSA) is 58.2 Å². The molecule has 2 amide bonds. The maximum Gasteiger partial charge on any atom is 0.266 e. The first-order valence-electron chi connectivity index (χ1n) is 6.03. The number of carbonyl (C=O) groups excluding carboxylic acids is 2. The molecular weight excluding hydrogens is 292 g/mol. The van der Waals surface area contributed by atoms with Crippen molar-refractivity contribution >= 4 is 46.3 Å². The van der Waals surface area contributed by atoms with Crippen LogP contribution in [0.1, 0.15) is 15.2 Å². The molecule has 0 bridgehead atoms. The summed E-state index contributed by atoms with van der Waals surface area (Å²) in [4.78, 5) is 25.2. The lowest BCUT2D eigenvalue weighted by Gasteiger charge is -2.07. The van der Waals surface area contributed by atoms with Crippen LogP contribution >= 0.6 is 23.1 Å². The Hall–Kier alpha value is -1.79. The van der Waals surface area contributed by atoms with Crippen molar-refractivity contribution in [2.75, 3.05) is 16.9 Å². The molecule has 1 aliphatic heterocycles. The van der Waals surface area contributed by atoms with Gasteiger partial charge in [0.2, 0.25) is 5.91 Å². The molecule has 0 radical (unpaired) electrons. The fraction of sp³-hybridized carbons (Fsp3) is 0.143. The average molecular weight is 304 g/mol. The summed E-state index contributed by atoms with van der Waals surface area (Å²) in [5.74, 6) is -0.118. The quantitative estimate of drug-likeness (QED) is 0.856. The highest BCUT2D eigenvalue weighted by atomic mass is 32.2. The fourth-order valence-corrected chi connectivity index (χ4v) is 3.76. The van der Waals surface area contributed by atoms with Gasteiger partial charge in [-0.2, -0.15) is 0 Å². The first-order chi connectivity index (χ1) is 9.67. The van der Waals surface area contributed by atoms with Crippen LogP contribution in [0.3, 0.4) is 0 Å². The van der Waals surface area contributed by atoms with Crippen LogP contribution in [0.25, 0.3) is 0 Å². The van der Waals surface area contributed by atoms with E-state index >= 15 is 0 Å². The molecule has 0 atom stereocenters. The lowest BCUT2D eigenvalue weighted by atomic mass is 10.1. The van der Waals surface area contributed by atoms with Crippen LogP contribution in [-0.4, -0.2) is 18.1 Å². The van der Waals surface area contributed by atoms with Crippen LogP contribution in [0.4, 0.5) is 11.4 Å². The number of anilines is 2. The van der Waals surface area contributed by atoms with Gasteiger partial charge in [-0.3, -0.25) is 9.59 Å². The van der Waals surface area contributed by atoms with Gasteiger partial charge in [0.05, 0.1) is 6.42 Å². The largest absolute Gasteiger partial charge is 0.326 e. The van der Waals surface area contributed by atoms with Crippen molar-refractivity contribution in [2.24, 2.45) is 0 Å². The predicted octanol–water partition coefficient (Wildman–Crippen LogP) is 3.22. The van der Waals surface area contributed by atoms with Crippen LogP contribution in [0.5, 0.6) is 0 Å². The average Bonchev–Trinajstić information content (AvgIpc) is 3.02. The smallest absolute Gasteiger partial charge is 0.266 e. The van der Waals surface area contributed by atoms with Crippen molar-refractivity contribution in [3.63, 3.8) is 0 Å². The number of carbonyl (C=O) groups is 2. The number of thiophene rings is 1. The molecule has 3 rings (SSSR count). The summed E-state index contributed by atoms with van der Waals surface area (Å²) in [6, 6.07) is 7.40. The van der Waals surface area contributed by atoms with Crippen molar-refractivity contribution in [1.29, 1.82) is 0 Å². The third kappa shape index (κ3) is 2.44. The minimum Gasteiger partial charge on any atom is -0.326 e. The summed E-state index contributed by atoms with van der Waals surface area (Å²) >= 11 is 2.98. The second-order valence-corrected chi connectivity index (χ2v) is 6.13. The predicted molar refractivity (Wildman–Crippen MR) is 82.8 cm³/mol. The number of fused-ring (bicyclic) bond motifs is 1. The molecule has 4 nitrogen and oxygen atoms in total. The molecule has 0 fully saturated rings. The van der Waals surface area contributed by atoms with E-state index in [1.54, 1.807) is 17.8 Å². The summed E-state index contributed by atoms with van der Waals surface area (Å²) < 4.78 is 0. The summed E-state index contributed by atoms with van der Waals surface area (Å²) in [5, 5.41) is 7.56. The molecule has 2 aromatic rings. The zero-order valence-electron chi connectivity index (χ0n) is 10.7. The van der Waals surface area contributed by atoms with Crippen LogP contribution in [-0.2, 0) is 11.2 Å². The monoisotopic (exact) mass is 304 g/mol. The second-order valence-electron chi connectivity index (χ2n) is 4.37. The van der Waals surface area contributed by atoms with Gasteiger partial charge in [-0.25, -0.2) is 0 Å². The van der Waals surface area contributed by atoms with Gasteiger partial charge in [0.1, 0.15) is 4.88 Å². The van der Waals surface area contributed by atoms with Gasteiger partial charge >= 0.3 is 0 Å². The van der Waals surface area contributed by atoms with Gasteiger partial charge in [-0.15, -0.1) is 23.1 Å². The summed E-state index contributed by atoms with van der Waals surface area (Å²) in [5.41, 5.74) is 2.46. The van der Waals surface area contributed by atoms with Gasteiger partial charge < -0.3 is 10.6 Å². The molecule has 0 spiro atoms. The Morgan fingerprint density at radius 1 is 1.40 bits per heavy atom. The fourth-order valence-electron chi connectivity index (χ4n) is 2.12. The van der Waals surface area contributed by atoms with E-state index in [0.717, 1.165) is 16.1 Å². The highest BCUT2D eigenvalue weighted by Crippen LogP contribution is 2.29. The number of amides is 2. The molecule has 1 aromatic heterocycles. The minimum atomic E-state index is -0.110. The molecule has 1 aromatic carbocycles. The Balaban J connectivity index is 1.80. The van der Waals surface area contributed by atoms with E-state index in [4.69, 9.17) is 0 Å². The lowest BCUT2D eigenvalue weighted by Crippen LogP contribution is -2.11. The second kappa shape index (κ2) is 5.30. The van der Waals surface area contributed by atoms with Crippen LogP contribution in [0, 0.1) is 0 Å². The molecule has 2 heterocycles. The molecule has 102 valence electrons. The van der Waals surface area contributed by atoms with Crippen molar-refractivity contribution in [2.45, 2.75) is 11.3 Å².